The van der Waals surface area contributed by atoms with Crippen LogP contribution in [0.15, 0.2) is 60.7 Å². The van der Waals surface area contributed by atoms with E-state index in [2.05, 4.69) is 0 Å². The largest absolute Gasteiger partial charge is 0.458 e. The summed E-state index contributed by atoms with van der Waals surface area (Å²) in [6.45, 7) is 2.16. The summed E-state index contributed by atoms with van der Waals surface area (Å²) in [6.07, 6.45) is 4.02. The van der Waals surface area contributed by atoms with Gasteiger partial charge in [-0.15, -0.1) is 0 Å². The van der Waals surface area contributed by atoms with Gasteiger partial charge in [0.15, 0.2) is 0 Å². The predicted octanol–water partition coefficient (Wildman–Crippen LogP) is 3.24. The van der Waals surface area contributed by atoms with Gasteiger partial charge in [-0.05, 0) is 30.7 Å². The quantitative estimate of drug-likeness (QED) is 0.735. The van der Waals surface area contributed by atoms with Crippen LogP contribution in [0.2, 0.25) is 0 Å². The van der Waals surface area contributed by atoms with Crippen molar-refractivity contribution in [3.8, 4) is 0 Å². The lowest BCUT2D eigenvalue weighted by atomic mass is 9.96. The average molecular weight is 390 g/mol. The Morgan fingerprint density at radius 3 is 2.59 bits per heavy atom. The molecule has 4 rings (SSSR count). The van der Waals surface area contributed by atoms with Crippen molar-refractivity contribution in [1.29, 1.82) is 0 Å². The highest BCUT2D eigenvalue weighted by atomic mass is 16.5. The van der Waals surface area contributed by atoms with Crippen molar-refractivity contribution in [3.05, 3.63) is 71.8 Å². The fourth-order valence-corrected chi connectivity index (χ4v) is 4.16. The number of hydrogen-bond acceptors (Lipinski definition) is 4. The highest BCUT2D eigenvalue weighted by molar-refractivity contribution is 6.15. The highest BCUT2D eigenvalue weighted by Crippen LogP contribution is 2.44. The van der Waals surface area contributed by atoms with Crippen molar-refractivity contribution < 1.29 is 19.1 Å². The van der Waals surface area contributed by atoms with Crippen LogP contribution < -0.4 is 4.90 Å². The Balaban J connectivity index is 1.63. The first-order valence-electron chi connectivity index (χ1n) is 9.72. The number of hydrogen-bond donors (Lipinski definition) is 0. The monoisotopic (exact) mass is 390 g/mol. The molecule has 0 radical (unpaired) electrons. The van der Waals surface area contributed by atoms with E-state index < -0.39 is 11.6 Å². The predicted molar refractivity (Wildman–Crippen MR) is 109 cm³/mol. The van der Waals surface area contributed by atoms with E-state index in [0.29, 0.717) is 17.8 Å². The lowest BCUT2D eigenvalue weighted by molar-refractivity contribution is -0.155. The molecule has 0 unspecified atom stereocenters. The maximum absolute atomic E-state index is 13.2. The van der Waals surface area contributed by atoms with Gasteiger partial charge in [0.1, 0.15) is 6.61 Å². The van der Waals surface area contributed by atoms with Crippen molar-refractivity contribution in [3.63, 3.8) is 0 Å². The van der Waals surface area contributed by atoms with Crippen LogP contribution in [0.25, 0.3) is 6.08 Å². The Kier molecular flexibility index (Phi) is 4.92. The first kappa shape index (κ1) is 18.9. The molecule has 148 valence electrons. The van der Waals surface area contributed by atoms with Gasteiger partial charge in [-0.25, -0.2) is 4.79 Å². The van der Waals surface area contributed by atoms with Crippen LogP contribution in [0, 0.1) is 0 Å². The van der Waals surface area contributed by atoms with E-state index in [0.717, 1.165) is 5.56 Å². The second kappa shape index (κ2) is 7.54. The molecule has 1 atom stereocenters. The molecule has 2 heterocycles. The molecule has 1 fully saturated rings. The van der Waals surface area contributed by atoms with E-state index in [-0.39, 0.29) is 31.3 Å². The second-order valence-electron chi connectivity index (χ2n) is 7.02. The summed E-state index contributed by atoms with van der Waals surface area (Å²) in [5.74, 6) is -1.02. The van der Waals surface area contributed by atoms with Gasteiger partial charge < -0.3 is 9.64 Å². The van der Waals surface area contributed by atoms with Crippen molar-refractivity contribution in [2.75, 3.05) is 18.1 Å². The van der Waals surface area contributed by atoms with Crippen molar-refractivity contribution >= 4 is 29.5 Å². The minimum atomic E-state index is -1.42. The Bertz CT molecular complexity index is 985. The summed E-state index contributed by atoms with van der Waals surface area (Å²) >= 11 is 0. The molecule has 0 aromatic heterocycles. The maximum Gasteiger partial charge on any atom is 0.354 e. The molecule has 2 aliphatic rings. The van der Waals surface area contributed by atoms with E-state index in [9.17, 15) is 14.4 Å². The number of nitrogens with zero attached hydrogens (tertiary/aromatic N) is 2. The topological polar surface area (TPSA) is 66.9 Å². The van der Waals surface area contributed by atoms with Gasteiger partial charge in [-0.3, -0.25) is 14.5 Å². The number of fused-ring (bicyclic) bond motifs is 3. The van der Waals surface area contributed by atoms with Gasteiger partial charge in [0.2, 0.25) is 11.6 Å². The number of anilines is 1. The van der Waals surface area contributed by atoms with Crippen LogP contribution in [0.4, 0.5) is 5.69 Å². The number of benzene rings is 2. The third-order valence-electron chi connectivity index (χ3n) is 5.44. The van der Waals surface area contributed by atoms with Crippen LogP contribution >= 0.6 is 0 Å². The standard InChI is InChI=1S/C23H22N2O4/c1-2-24-21(27)18-12-6-7-13-19(18)25-20(26)14-15-23(24,25)22(28)29-16-8-11-17-9-4-3-5-10-17/h3-13H,2,14-16H2,1H3/b11-8+/t23-/m0/s1. The molecule has 2 aliphatic heterocycles. The molecule has 0 spiro atoms. The number of rotatable bonds is 5. The number of likely N-dealkylation sites (N-methyl/N-ethyl adjacent to an activating group) is 1. The van der Waals surface area contributed by atoms with Crippen LogP contribution in [-0.2, 0) is 14.3 Å². The number of para-hydroxylation sites is 1. The van der Waals surface area contributed by atoms with Crippen molar-refractivity contribution in [1.82, 2.24) is 4.90 Å². The minimum Gasteiger partial charge on any atom is -0.458 e. The number of ether oxygens (including phenoxy) is 1. The number of carbonyl (C=O) groups is 3. The zero-order valence-electron chi connectivity index (χ0n) is 16.2. The molecule has 6 nitrogen and oxygen atoms in total. The molecule has 0 bridgehead atoms. The Morgan fingerprint density at radius 2 is 1.83 bits per heavy atom. The molecule has 6 heteroatoms. The van der Waals surface area contributed by atoms with Crippen molar-refractivity contribution in [2.45, 2.75) is 25.4 Å². The summed E-state index contributed by atoms with van der Waals surface area (Å²) in [6, 6.07) is 16.6. The normalized spacial score (nSPS) is 20.7. The summed E-state index contributed by atoms with van der Waals surface area (Å²) < 4.78 is 5.54. The van der Waals surface area contributed by atoms with E-state index in [1.54, 1.807) is 37.3 Å². The molecule has 0 N–H and O–H groups in total. The Hall–Kier alpha value is -3.41. The molecular formula is C23H22N2O4. The molecule has 1 saturated heterocycles. The number of esters is 1. The van der Waals surface area contributed by atoms with Gasteiger partial charge in [0.05, 0.1) is 11.3 Å². The summed E-state index contributed by atoms with van der Waals surface area (Å²) in [4.78, 5) is 42.0. The van der Waals surface area contributed by atoms with Gasteiger partial charge >= 0.3 is 5.97 Å². The molecule has 2 aromatic carbocycles. The third-order valence-corrected chi connectivity index (χ3v) is 5.44. The maximum atomic E-state index is 13.2. The molecule has 2 amide bonds. The smallest absolute Gasteiger partial charge is 0.354 e. The summed E-state index contributed by atoms with van der Waals surface area (Å²) in [5.41, 5.74) is 0.479. The Morgan fingerprint density at radius 1 is 1.10 bits per heavy atom. The number of carbonyl (C=O) groups excluding carboxylic acids is 3. The van der Waals surface area contributed by atoms with E-state index in [1.807, 2.05) is 36.4 Å². The van der Waals surface area contributed by atoms with E-state index >= 15 is 0 Å². The van der Waals surface area contributed by atoms with Crippen molar-refractivity contribution in [2.24, 2.45) is 0 Å². The van der Waals surface area contributed by atoms with Gasteiger partial charge in [-0.1, -0.05) is 48.5 Å². The van der Waals surface area contributed by atoms with Crippen LogP contribution in [0.3, 0.4) is 0 Å². The lowest BCUT2D eigenvalue weighted by Crippen LogP contribution is -2.68. The molecular weight excluding hydrogens is 368 g/mol. The minimum absolute atomic E-state index is 0.0604. The lowest BCUT2D eigenvalue weighted by Gasteiger charge is -2.47. The SMILES string of the molecule is CCN1C(=O)c2ccccc2N2C(=O)CC[C@]12C(=O)OC/C=C/c1ccccc1. The van der Waals surface area contributed by atoms with Crippen LogP contribution in [-0.4, -0.2) is 41.5 Å². The molecule has 0 saturated carbocycles. The van der Waals surface area contributed by atoms with Gasteiger partial charge in [-0.2, -0.15) is 0 Å². The zero-order chi connectivity index (χ0) is 20.4. The fraction of sp³-hybridized carbons (Fsp3) is 0.261. The summed E-state index contributed by atoms with van der Waals surface area (Å²) in [5, 5.41) is 0. The molecule has 0 aliphatic carbocycles. The first-order chi connectivity index (χ1) is 14.1. The van der Waals surface area contributed by atoms with E-state index in [1.165, 1.54) is 9.80 Å². The third kappa shape index (κ3) is 3.01. The van der Waals surface area contributed by atoms with Crippen LogP contribution in [0.5, 0.6) is 0 Å². The summed E-state index contributed by atoms with van der Waals surface area (Å²) in [7, 11) is 0. The molecule has 29 heavy (non-hydrogen) atoms. The first-order valence-corrected chi connectivity index (χ1v) is 9.72. The molecule has 2 aromatic rings. The zero-order valence-corrected chi connectivity index (χ0v) is 16.2. The second-order valence-corrected chi connectivity index (χ2v) is 7.02. The fourth-order valence-electron chi connectivity index (χ4n) is 4.16. The van der Waals surface area contributed by atoms with Crippen LogP contribution in [0.1, 0.15) is 35.7 Å². The van der Waals surface area contributed by atoms with Gasteiger partial charge in [0.25, 0.3) is 5.91 Å². The average Bonchev–Trinajstić information content (AvgIpc) is 3.10. The number of amides is 2. The van der Waals surface area contributed by atoms with Gasteiger partial charge in [0, 0.05) is 19.4 Å². The Labute approximate surface area is 169 Å². The van der Waals surface area contributed by atoms with E-state index in [4.69, 9.17) is 4.74 Å². The highest BCUT2D eigenvalue weighted by Gasteiger charge is 2.61.